The van der Waals surface area contributed by atoms with E-state index in [4.69, 9.17) is 0 Å². The molecule has 0 aliphatic heterocycles. The molecule has 0 fully saturated rings. The molecule has 4 amide bonds. The fourth-order valence-corrected chi connectivity index (χ4v) is 9.54. The van der Waals surface area contributed by atoms with E-state index < -0.39 is 0 Å². The van der Waals surface area contributed by atoms with Crippen molar-refractivity contribution < 1.29 is 19.2 Å². The van der Waals surface area contributed by atoms with Gasteiger partial charge in [0, 0.05) is 95.8 Å². The molecule has 240 valence electrons. The Hall–Kier alpha value is -2.86. The number of hydrogen-bond donors (Lipinski definition) is 0. The van der Waals surface area contributed by atoms with Crippen LogP contribution in [0.25, 0.3) is 21.5 Å². The molecule has 0 spiro atoms. The molecular formula is C30H26Br4N6O4S2. The Morgan fingerprint density at radius 2 is 0.935 bits per heavy atom. The number of hydrogen-bond acceptors (Lipinski definition) is 8. The third-order valence-corrected chi connectivity index (χ3v) is 12.0. The van der Waals surface area contributed by atoms with Gasteiger partial charge in [-0.25, -0.2) is 0 Å². The van der Waals surface area contributed by atoms with Crippen molar-refractivity contribution in [1.29, 1.82) is 10.5 Å². The maximum absolute atomic E-state index is 12.5. The van der Waals surface area contributed by atoms with Crippen molar-refractivity contribution in [3.63, 3.8) is 0 Å². The summed E-state index contributed by atoms with van der Waals surface area (Å²) < 4.78 is 2.78. The Labute approximate surface area is 307 Å². The summed E-state index contributed by atoms with van der Waals surface area (Å²) in [6, 6.07) is 7.48. The van der Waals surface area contributed by atoms with E-state index in [1.54, 1.807) is 56.4 Å². The van der Waals surface area contributed by atoms with Gasteiger partial charge in [0.2, 0.25) is 0 Å². The van der Waals surface area contributed by atoms with Gasteiger partial charge in [0.05, 0.1) is 17.2 Å². The van der Waals surface area contributed by atoms with E-state index in [0.717, 1.165) is 35.5 Å². The third kappa shape index (κ3) is 7.02. The summed E-state index contributed by atoms with van der Waals surface area (Å²) in [7, 11) is 13.2. The second-order valence-electron chi connectivity index (χ2n) is 10.5. The number of amides is 4. The minimum atomic E-state index is -0.318. The molecule has 0 unspecified atom stereocenters. The van der Waals surface area contributed by atoms with E-state index >= 15 is 0 Å². The molecular weight excluding hydrogens is 892 g/mol. The summed E-state index contributed by atoms with van der Waals surface area (Å²) in [6.07, 6.45) is 0. The number of thiophene rings is 2. The van der Waals surface area contributed by atoms with Crippen molar-refractivity contribution in [3.05, 3.63) is 60.7 Å². The van der Waals surface area contributed by atoms with Gasteiger partial charge < -0.3 is 19.6 Å². The van der Waals surface area contributed by atoms with Crippen LogP contribution in [0.1, 0.15) is 49.8 Å². The Kier molecular flexibility index (Phi) is 12.2. The zero-order valence-electron chi connectivity index (χ0n) is 25.8. The van der Waals surface area contributed by atoms with Crippen LogP contribution in [0.3, 0.4) is 0 Å². The van der Waals surface area contributed by atoms with Crippen LogP contribution < -0.4 is 0 Å². The molecule has 2 aromatic heterocycles. The van der Waals surface area contributed by atoms with Gasteiger partial charge in [-0.05, 0) is 59.9 Å². The molecule has 0 atom stereocenters. The van der Waals surface area contributed by atoms with Crippen LogP contribution in [-0.4, -0.2) is 99.6 Å². The fraction of sp³-hybridized carbons (Fsp3) is 0.267. The molecule has 0 saturated carbocycles. The average Bonchev–Trinajstić information content (AvgIpc) is 3.58. The lowest BCUT2D eigenvalue weighted by Crippen LogP contribution is -2.21. The summed E-state index contributed by atoms with van der Waals surface area (Å²) in [5.41, 5.74) is 0.485. The van der Waals surface area contributed by atoms with Crippen molar-refractivity contribution in [2.45, 2.75) is 0 Å². The lowest BCUT2D eigenvalue weighted by molar-refractivity contribution is 0.0824. The lowest BCUT2D eigenvalue weighted by Gasteiger charge is -2.10. The van der Waals surface area contributed by atoms with Crippen molar-refractivity contribution in [2.75, 3.05) is 56.4 Å². The van der Waals surface area contributed by atoms with E-state index in [0.29, 0.717) is 25.0 Å². The van der Waals surface area contributed by atoms with Crippen molar-refractivity contribution in [2.24, 2.45) is 0 Å². The molecule has 2 aromatic carbocycles. The largest absolute Gasteiger partial charge is 0.344 e. The highest BCUT2D eigenvalue weighted by atomic mass is 79.9. The highest BCUT2D eigenvalue weighted by Gasteiger charge is 2.29. The van der Waals surface area contributed by atoms with Gasteiger partial charge in [-0.2, -0.15) is 10.5 Å². The number of fused-ring (bicyclic) bond motifs is 2. The molecule has 0 N–H and O–H groups in total. The normalized spacial score (nSPS) is 10.5. The number of carbonyl (C=O) groups is 4. The summed E-state index contributed by atoms with van der Waals surface area (Å²) in [4.78, 5) is 57.5. The van der Waals surface area contributed by atoms with E-state index in [1.165, 1.54) is 37.0 Å². The average molecular weight is 918 g/mol. The molecule has 4 aromatic rings. The summed E-state index contributed by atoms with van der Waals surface area (Å²) in [5, 5.41) is 21.2. The van der Waals surface area contributed by atoms with Crippen molar-refractivity contribution in [1.82, 2.24) is 19.6 Å². The van der Waals surface area contributed by atoms with Gasteiger partial charge in [0.15, 0.2) is 0 Å². The van der Waals surface area contributed by atoms with Gasteiger partial charge in [-0.15, -0.1) is 22.7 Å². The Bertz CT molecular complexity index is 2020. The molecule has 0 bridgehead atoms. The van der Waals surface area contributed by atoms with Crippen LogP contribution in [0.5, 0.6) is 0 Å². The van der Waals surface area contributed by atoms with E-state index in [2.05, 4.69) is 69.8 Å². The highest BCUT2D eigenvalue weighted by molar-refractivity contribution is 9.13. The van der Waals surface area contributed by atoms with Crippen LogP contribution in [0.15, 0.2) is 30.0 Å². The number of nitriles is 2. The molecule has 0 aliphatic rings. The molecule has 46 heavy (non-hydrogen) atoms. The van der Waals surface area contributed by atoms with E-state index in [-0.39, 0.29) is 44.5 Å². The zero-order valence-corrected chi connectivity index (χ0v) is 33.8. The smallest absolute Gasteiger partial charge is 0.264 e. The minimum Gasteiger partial charge on any atom is -0.344 e. The summed E-state index contributed by atoms with van der Waals surface area (Å²) in [6.45, 7) is 0. The first-order valence-corrected chi connectivity index (χ1v) is 17.8. The van der Waals surface area contributed by atoms with Gasteiger partial charge >= 0.3 is 0 Å². The lowest BCUT2D eigenvalue weighted by atomic mass is 10.0. The topological polar surface area (TPSA) is 129 Å². The second-order valence-corrected chi connectivity index (χ2v) is 15.9. The van der Waals surface area contributed by atoms with Crippen LogP contribution in [0, 0.1) is 22.7 Å². The first-order valence-electron chi connectivity index (χ1n) is 13.0. The molecule has 0 saturated heterocycles. The molecule has 0 radical (unpaired) electrons. The first-order chi connectivity index (χ1) is 21.4. The predicted octanol–water partition coefficient (Wildman–Crippen LogP) is 7.40. The number of carbonyl (C=O) groups excluding carboxylic acids is 4. The maximum Gasteiger partial charge on any atom is 0.264 e. The third-order valence-electron chi connectivity index (χ3n) is 6.40. The SMILES string of the molecule is CN(C)C(=O)c1sc(C(=O)N(C)C)c2c(Br)c(Br)cc(Br)c12.CN(C)C(=O)c1sc(C(=O)N(C)C)c2c(C#N)c(Br)cc(C#N)c12. The monoisotopic (exact) mass is 914 g/mol. The number of benzene rings is 2. The quantitative estimate of drug-likeness (QED) is 0.196. The van der Waals surface area contributed by atoms with Gasteiger partial charge in [0.1, 0.15) is 25.6 Å². The fourth-order valence-electron chi connectivity index (χ4n) is 4.16. The molecule has 4 rings (SSSR count). The molecule has 16 heteroatoms. The molecule has 10 nitrogen and oxygen atoms in total. The van der Waals surface area contributed by atoms with Gasteiger partial charge in [-0.3, -0.25) is 19.2 Å². The zero-order chi connectivity index (χ0) is 34.9. The van der Waals surface area contributed by atoms with Crippen LogP contribution in [0.4, 0.5) is 0 Å². The standard InChI is InChI=1S/C16H13BrN4O2S.C14H13Br3N2O2S/c1-20(2)15(22)13-11-8(6-18)5-10(17)9(7-19)12(11)14(24-13)16(23)21(3)4;1-18(2)13(20)11-8-6(15)5-7(16)10(17)9(8)12(22-11)14(21)19(3)4/h5H,1-4H3;5H,1-4H3. The van der Waals surface area contributed by atoms with Gasteiger partial charge in [-0.1, -0.05) is 15.9 Å². The second kappa shape index (κ2) is 14.9. The van der Waals surface area contributed by atoms with Crippen LogP contribution in [-0.2, 0) is 0 Å². The van der Waals surface area contributed by atoms with E-state index in [9.17, 15) is 29.7 Å². The predicted molar refractivity (Wildman–Crippen MR) is 196 cm³/mol. The Morgan fingerprint density at radius 3 is 1.33 bits per heavy atom. The van der Waals surface area contributed by atoms with Crippen molar-refractivity contribution >= 4 is 132 Å². The summed E-state index contributed by atoms with van der Waals surface area (Å²) >= 11 is 16.0. The van der Waals surface area contributed by atoms with Gasteiger partial charge in [0.25, 0.3) is 23.6 Å². The number of rotatable bonds is 4. The van der Waals surface area contributed by atoms with Crippen molar-refractivity contribution in [3.8, 4) is 12.1 Å². The van der Waals surface area contributed by atoms with Crippen LogP contribution >= 0.6 is 86.4 Å². The number of nitrogens with zero attached hydrogens (tertiary/aromatic N) is 6. The maximum atomic E-state index is 12.5. The Balaban J connectivity index is 0.000000251. The van der Waals surface area contributed by atoms with Crippen LogP contribution in [0.2, 0.25) is 0 Å². The molecule has 2 heterocycles. The Morgan fingerprint density at radius 1 is 0.543 bits per heavy atom. The number of halogens is 4. The summed E-state index contributed by atoms with van der Waals surface area (Å²) in [5.74, 6) is -0.881. The first kappa shape index (κ1) is 37.6. The molecule has 0 aliphatic carbocycles. The minimum absolute atomic E-state index is 0.122. The van der Waals surface area contributed by atoms with E-state index in [1.807, 2.05) is 12.1 Å². The highest BCUT2D eigenvalue weighted by Crippen LogP contribution is 2.45.